The molecule has 0 radical (unpaired) electrons. The highest BCUT2D eigenvalue weighted by Crippen LogP contribution is 2.26. The molecular formula is C24H29F3N6O3. The van der Waals surface area contributed by atoms with Crippen molar-refractivity contribution >= 4 is 23.2 Å². The highest BCUT2D eigenvalue weighted by molar-refractivity contribution is 5.77. The molecule has 194 valence electrons. The number of carboxylic acid groups (broad SMARTS) is 1. The molecule has 2 aromatic heterocycles. The minimum atomic E-state index is -5.08. The van der Waals surface area contributed by atoms with E-state index in [1.165, 1.54) is 5.56 Å². The minimum absolute atomic E-state index is 0.157. The Kier molecular flexibility index (Phi) is 8.86. The standard InChI is InChI=1S/C22H28N6O.C2HF3O2/c1-26(2)21(29)16-27-12-10-18(11-13-27)22-24-20-9-8-19(15-28(20)25-22)23-14-17-6-4-3-5-7-17;3-2(4,5)1(6)7/h3-9,15,18,23H,10-14,16H2,1-2H3;(H,6,7). The van der Waals surface area contributed by atoms with Crippen LogP contribution in [0.5, 0.6) is 0 Å². The molecule has 12 heteroatoms. The first-order valence-corrected chi connectivity index (χ1v) is 11.4. The van der Waals surface area contributed by atoms with Crippen LogP contribution in [0.25, 0.3) is 5.65 Å². The van der Waals surface area contributed by atoms with Crippen molar-refractivity contribution in [1.82, 2.24) is 24.4 Å². The van der Waals surface area contributed by atoms with Crippen LogP contribution in [0.4, 0.5) is 18.9 Å². The number of anilines is 1. The molecule has 1 amide bonds. The summed E-state index contributed by atoms with van der Waals surface area (Å²) in [6.07, 6.45) is -1.12. The molecule has 0 spiro atoms. The molecule has 1 aliphatic rings. The van der Waals surface area contributed by atoms with E-state index >= 15 is 0 Å². The van der Waals surface area contributed by atoms with Crippen LogP contribution >= 0.6 is 0 Å². The van der Waals surface area contributed by atoms with Gasteiger partial charge in [0.25, 0.3) is 0 Å². The Bertz CT molecular complexity index is 1160. The number of piperidine rings is 1. The molecule has 4 rings (SSSR count). The number of likely N-dealkylation sites (tertiary alicyclic amines) is 1. The number of fused-ring (bicyclic) bond motifs is 1. The molecule has 0 unspecified atom stereocenters. The second kappa shape index (κ2) is 11.8. The van der Waals surface area contributed by atoms with E-state index in [0.29, 0.717) is 12.5 Å². The maximum atomic E-state index is 11.9. The number of nitrogens with one attached hydrogen (secondary N) is 1. The molecule has 0 bridgehead atoms. The zero-order chi connectivity index (χ0) is 26.3. The summed E-state index contributed by atoms with van der Waals surface area (Å²) in [5.41, 5.74) is 3.14. The van der Waals surface area contributed by atoms with Crippen molar-refractivity contribution in [1.29, 1.82) is 0 Å². The van der Waals surface area contributed by atoms with E-state index < -0.39 is 12.1 Å². The zero-order valence-electron chi connectivity index (χ0n) is 20.1. The number of amides is 1. The summed E-state index contributed by atoms with van der Waals surface area (Å²) >= 11 is 0. The van der Waals surface area contributed by atoms with Crippen LogP contribution in [0.2, 0.25) is 0 Å². The van der Waals surface area contributed by atoms with E-state index in [4.69, 9.17) is 20.0 Å². The number of benzene rings is 1. The van der Waals surface area contributed by atoms with Crippen molar-refractivity contribution in [2.45, 2.75) is 31.5 Å². The Morgan fingerprint density at radius 2 is 1.75 bits per heavy atom. The molecule has 0 aliphatic carbocycles. The lowest BCUT2D eigenvalue weighted by Gasteiger charge is -2.30. The van der Waals surface area contributed by atoms with Gasteiger partial charge in [-0.2, -0.15) is 18.3 Å². The molecule has 3 aromatic rings. The van der Waals surface area contributed by atoms with Gasteiger partial charge in [0, 0.05) is 26.6 Å². The smallest absolute Gasteiger partial charge is 0.475 e. The van der Waals surface area contributed by atoms with Gasteiger partial charge < -0.3 is 15.3 Å². The quantitative estimate of drug-likeness (QED) is 0.529. The monoisotopic (exact) mass is 506 g/mol. The van der Waals surface area contributed by atoms with Crippen LogP contribution in [0, 0.1) is 0 Å². The first-order valence-electron chi connectivity index (χ1n) is 11.4. The normalized spacial score (nSPS) is 14.7. The number of carboxylic acids is 1. The Hall–Kier alpha value is -3.67. The van der Waals surface area contributed by atoms with Crippen LogP contribution in [-0.2, 0) is 16.1 Å². The van der Waals surface area contributed by atoms with Crippen molar-refractivity contribution < 1.29 is 27.9 Å². The summed E-state index contributed by atoms with van der Waals surface area (Å²) in [5, 5.41) is 15.3. The van der Waals surface area contributed by atoms with Crippen molar-refractivity contribution in [3.8, 4) is 0 Å². The van der Waals surface area contributed by atoms with Crippen molar-refractivity contribution in [3.63, 3.8) is 0 Å². The number of hydrogen-bond donors (Lipinski definition) is 2. The van der Waals surface area contributed by atoms with Gasteiger partial charge in [-0.15, -0.1) is 0 Å². The molecule has 1 aromatic carbocycles. The van der Waals surface area contributed by atoms with Gasteiger partial charge in [0.05, 0.1) is 18.4 Å². The third-order valence-corrected chi connectivity index (χ3v) is 5.74. The van der Waals surface area contributed by atoms with Crippen LogP contribution in [0.1, 0.15) is 30.1 Å². The number of nitrogens with zero attached hydrogens (tertiary/aromatic N) is 5. The van der Waals surface area contributed by atoms with Gasteiger partial charge in [-0.1, -0.05) is 30.3 Å². The van der Waals surface area contributed by atoms with Gasteiger partial charge in [-0.25, -0.2) is 14.3 Å². The van der Waals surface area contributed by atoms with Gasteiger partial charge in [-0.05, 0) is 43.6 Å². The summed E-state index contributed by atoms with van der Waals surface area (Å²) in [5.74, 6) is -1.34. The van der Waals surface area contributed by atoms with Crippen LogP contribution in [0.3, 0.4) is 0 Å². The van der Waals surface area contributed by atoms with Gasteiger partial charge in [0.1, 0.15) is 0 Å². The average molecular weight is 507 g/mol. The molecular weight excluding hydrogens is 477 g/mol. The number of rotatable bonds is 6. The minimum Gasteiger partial charge on any atom is -0.475 e. The van der Waals surface area contributed by atoms with Crippen molar-refractivity contribution in [3.05, 3.63) is 60.0 Å². The number of carbonyl (C=O) groups excluding carboxylic acids is 1. The average Bonchev–Trinajstić information content (AvgIpc) is 3.27. The van der Waals surface area contributed by atoms with Crippen LogP contribution < -0.4 is 5.32 Å². The van der Waals surface area contributed by atoms with E-state index in [-0.39, 0.29) is 5.91 Å². The van der Waals surface area contributed by atoms with E-state index in [2.05, 4.69) is 22.3 Å². The molecule has 3 heterocycles. The summed E-state index contributed by atoms with van der Waals surface area (Å²) < 4.78 is 33.6. The lowest BCUT2D eigenvalue weighted by atomic mass is 9.96. The number of likely N-dealkylation sites (N-methyl/N-ethyl adjacent to an activating group) is 1. The summed E-state index contributed by atoms with van der Waals surface area (Å²) in [7, 11) is 3.61. The highest BCUT2D eigenvalue weighted by atomic mass is 19.4. The van der Waals surface area contributed by atoms with E-state index in [1.807, 2.05) is 41.0 Å². The molecule has 1 fully saturated rings. The van der Waals surface area contributed by atoms with Gasteiger partial charge >= 0.3 is 12.1 Å². The predicted octanol–water partition coefficient (Wildman–Crippen LogP) is 3.24. The number of aromatic nitrogens is 3. The maximum Gasteiger partial charge on any atom is 0.490 e. The molecule has 9 nitrogen and oxygen atoms in total. The fourth-order valence-corrected chi connectivity index (χ4v) is 3.66. The van der Waals surface area contributed by atoms with Crippen molar-refractivity contribution in [2.75, 3.05) is 39.0 Å². The molecule has 1 saturated heterocycles. The number of pyridine rings is 1. The molecule has 36 heavy (non-hydrogen) atoms. The van der Waals surface area contributed by atoms with Gasteiger partial charge in [0.15, 0.2) is 11.5 Å². The number of aliphatic carboxylic acids is 1. The Balaban J connectivity index is 0.000000454. The number of carbonyl (C=O) groups is 2. The van der Waals surface area contributed by atoms with Gasteiger partial charge in [0.2, 0.25) is 5.91 Å². The third-order valence-electron chi connectivity index (χ3n) is 5.74. The highest BCUT2D eigenvalue weighted by Gasteiger charge is 2.38. The van der Waals surface area contributed by atoms with Crippen LogP contribution in [0.15, 0.2) is 48.7 Å². The Labute approximate surface area is 206 Å². The van der Waals surface area contributed by atoms with E-state index in [1.54, 1.807) is 19.0 Å². The van der Waals surface area contributed by atoms with Crippen LogP contribution in [-0.4, -0.2) is 81.3 Å². The lowest BCUT2D eigenvalue weighted by Crippen LogP contribution is -2.40. The number of alkyl halides is 3. The van der Waals surface area contributed by atoms with Crippen molar-refractivity contribution in [2.24, 2.45) is 0 Å². The maximum absolute atomic E-state index is 11.9. The largest absolute Gasteiger partial charge is 0.490 e. The predicted molar refractivity (Wildman–Crippen MR) is 128 cm³/mol. The van der Waals surface area contributed by atoms with E-state index in [9.17, 15) is 18.0 Å². The first-order chi connectivity index (χ1) is 17.0. The fraction of sp³-hybridized carbons (Fsp3) is 0.417. The number of hydrogen-bond acceptors (Lipinski definition) is 6. The first kappa shape index (κ1) is 26.9. The second-order valence-electron chi connectivity index (χ2n) is 8.67. The molecule has 0 saturated carbocycles. The topological polar surface area (TPSA) is 103 Å². The Morgan fingerprint density at radius 1 is 1.11 bits per heavy atom. The third kappa shape index (κ3) is 7.67. The Morgan fingerprint density at radius 3 is 2.33 bits per heavy atom. The molecule has 0 atom stereocenters. The molecule has 1 aliphatic heterocycles. The zero-order valence-corrected chi connectivity index (χ0v) is 20.1. The summed E-state index contributed by atoms with van der Waals surface area (Å²) in [4.78, 5) is 29.4. The molecule has 2 N–H and O–H groups in total. The fourth-order valence-electron chi connectivity index (χ4n) is 3.66. The SMILES string of the molecule is CN(C)C(=O)CN1CCC(c2nc3ccc(NCc4ccccc4)cn3n2)CC1.O=C(O)C(F)(F)F. The summed E-state index contributed by atoms with van der Waals surface area (Å²) in [6, 6.07) is 14.4. The lowest BCUT2D eigenvalue weighted by molar-refractivity contribution is -0.192. The van der Waals surface area contributed by atoms with E-state index in [0.717, 1.165) is 49.6 Å². The summed E-state index contributed by atoms with van der Waals surface area (Å²) in [6.45, 7) is 3.08. The second-order valence-corrected chi connectivity index (χ2v) is 8.67. The number of halogens is 3. The van der Waals surface area contributed by atoms with Gasteiger partial charge in [-0.3, -0.25) is 9.69 Å².